The highest BCUT2D eigenvalue weighted by Gasteiger charge is 2.39. The molecule has 1 spiro atoms. The summed E-state index contributed by atoms with van der Waals surface area (Å²) in [5.74, 6) is 0. The van der Waals surface area contributed by atoms with Crippen molar-refractivity contribution in [3.05, 3.63) is 29.3 Å². The minimum absolute atomic E-state index is 0.0441. The van der Waals surface area contributed by atoms with E-state index in [1.165, 1.54) is 11.1 Å². The third-order valence-corrected chi connectivity index (χ3v) is 4.70. The van der Waals surface area contributed by atoms with E-state index in [2.05, 4.69) is 19.2 Å². The highest BCUT2D eigenvalue weighted by Crippen LogP contribution is 2.29. The number of hydrogen-bond acceptors (Lipinski definition) is 3. The van der Waals surface area contributed by atoms with Crippen molar-refractivity contribution >= 4 is 11.7 Å². The van der Waals surface area contributed by atoms with Crippen molar-refractivity contribution < 1.29 is 14.3 Å². The summed E-state index contributed by atoms with van der Waals surface area (Å²) in [6, 6.07) is 5.95. The lowest BCUT2D eigenvalue weighted by molar-refractivity contribution is -0.144. The van der Waals surface area contributed by atoms with E-state index in [-0.39, 0.29) is 11.6 Å². The largest absolute Gasteiger partial charge is 0.381 e. The van der Waals surface area contributed by atoms with Gasteiger partial charge in [0.1, 0.15) is 0 Å². The first-order chi connectivity index (χ1) is 10.6. The van der Waals surface area contributed by atoms with E-state index in [9.17, 15) is 4.79 Å². The van der Waals surface area contributed by atoms with Crippen molar-refractivity contribution in [2.45, 2.75) is 32.3 Å². The van der Waals surface area contributed by atoms with E-state index in [1.54, 1.807) is 0 Å². The van der Waals surface area contributed by atoms with Gasteiger partial charge in [0.2, 0.25) is 0 Å². The van der Waals surface area contributed by atoms with Crippen molar-refractivity contribution in [3.63, 3.8) is 0 Å². The van der Waals surface area contributed by atoms with Gasteiger partial charge in [-0.1, -0.05) is 6.07 Å². The summed E-state index contributed by atoms with van der Waals surface area (Å²) < 4.78 is 11.4. The van der Waals surface area contributed by atoms with E-state index in [0.717, 1.165) is 18.5 Å². The lowest BCUT2D eigenvalue weighted by Crippen LogP contribution is -2.56. The number of rotatable bonds is 1. The molecule has 0 atom stereocenters. The van der Waals surface area contributed by atoms with E-state index in [4.69, 9.17) is 9.47 Å². The minimum Gasteiger partial charge on any atom is -0.381 e. The summed E-state index contributed by atoms with van der Waals surface area (Å²) >= 11 is 0. The number of hydrogen-bond donors (Lipinski definition) is 1. The van der Waals surface area contributed by atoms with Gasteiger partial charge >= 0.3 is 6.03 Å². The Bertz CT molecular complexity index is 547. The van der Waals surface area contributed by atoms with Gasteiger partial charge in [0, 0.05) is 38.3 Å². The van der Waals surface area contributed by atoms with Gasteiger partial charge in [-0.3, -0.25) is 0 Å². The summed E-state index contributed by atoms with van der Waals surface area (Å²) in [6.07, 6.45) is 1.72. The van der Waals surface area contributed by atoms with Gasteiger partial charge in [0.25, 0.3) is 0 Å². The number of carbonyl (C=O) groups excluding carboxylic acids is 1. The van der Waals surface area contributed by atoms with Crippen LogP contribution in [0.25, 0.3) is 0 Å². The molecular formula is C17H24N2O3. The second-order valence-electron chi connectivity index (χ2n) is 6.29. The zero-order valence-corrected chi connectivity index (χ0v) is 13.4. The normalized spacial score (nSPS) is 20.9. The Balaban J connectivity index is 1.65. The van der Waals surface area contributed by atoms with Gasteiger partial charge in [0.05, 0.1) is 18.8 Å². The molecule has 1 aromatic rings. The molecule has 120 valence electrons. The first kappa shape index (κ1) is 15.3. The van der Waals surface area contributed by atoms with Crippen LogP contribution in [0.3, 0.4) is 0 Å². The molecule has 5 heteroatoms. The third kappa shape index (κ3) is 3.25. The van der Waals surface area contributed by atoms with E-state index in [1.807, 2.05) is 23.1 Å². The average Bonchev–Trinajstić information content (AvgIpc) is 2.52. The van der Waals surface area contributed by atoms with E-state index < -0.39 is 0 Å². The number of carbonyl (C=O) groups is 1. The average molecular weight is 304 g/mol. The number of anilines is 1. The molecule has 0 aliphatic carbocycles. The quantitative estimate of drug-likeness (QED) is 0.868. The summed E-state index contributed by atoms with van der Waals surface area (Å²) in [5, 5.41) is 3.00. The molecule has 22 heavy (non-hydrogen) atoms. The van der Waals surface area contributed by atoms with Crippen LogP contribution < -0.4 is 5.32 Å². The van der Waals surface area contributed by atoms with Crippen molar-refractivity contribution in [3.8, 4) is 0 Å². The lowest BCUT2D eigenvalue weighted by atomic mass is 9.92. The van der Waals surface area contributed by atoms with Crippen molar-refractivity contribution in [2.24, 2.45) is 0 Å². The molecule has 2 aliphatic heterocycles. The Morgan fingerprint density at radius 1 is 1.18 bits per heavy atom. The number of amides is 2. The van der Waals surface area contributed by atoms with Crippen molar-refractivity contribution in [2.75, 3.05) is 38.2 Å². The fourth-order valence-corrected chi connectivity index (χ4v) is 3.09. The maximum Gasteiger partial charge on any atom is 0.322 e. The lowest BCUT2D eigenvalue weighted by Gasteiger charge is -2.44. The Labute approximate surface area is 131 Å². The molecule has 2 amide bonds. The maximum absolute atomic E-state index is 12.5. The third-order valence-electron chi connectivity index (χ3n) is 4.70. The van der Waals surface area contributed by atoms with Crippen LogP contribution in [-0.2, 0) is 9.47 Å². The molecule has 0 unspecified atom stereocenters. The molecule has 5 nitrogen and oxygen atoms in total. The summed E-state index contributed by atoms with van der Waals surface area (Å²) in [6.45, 7) is 7.43. The second-order valence-corrected chi connectivity index (χ2v) is 6.29. The van der Waals surface area contributed by atoms with Gasteiger partial charge in [-0.2, -0.15) is 0 Å². The molecule has 3 rings (SSSR count). The number of morpholine rings is 1. The van der Waals surface area contributed by atoms with Gasteiger partial charge in [0.15, 0.2) is 0 Å². The number of nitrogens with one attached hydrogen (secondary N) is 1. The van der Waals surface area contributed by atoms with Crippen LogP contribution in [0, 0.1) is 13.8 Å². The van der Waals surface area contributed by atoms with Gasteiger partial charge < -0.3 is 19.7 Å². The fraction of sp³-hybridized carbons (Fsp3) is 0.588. The maximum atomic E-state index is 12.5. The number of nitrogens with zero attached hydrogens (tertiary/aromatic N) is 1. The van der Waals surface area contributed by atoms with Crippen LogP contribution in [-0.4, -0.2) is 49.4 Å². The minimum atomic E-state index is -0.211. The fourth-order valence-electron chi connectivity index (χ4n) is 3.09. The molecule has 2 saturated heterocycles. The molecular weight excluding hydrogens is 280 g/mol. The molecule has 1 N–H and O–H groups in total. The number of aryl methyl sites for hydroxylation is 2. The number of benzene rings is 1. The summed E-state index contributed by atoms with van der Waals surface area (Å²) in [4.78, 5) is 14.4. The topological polar surface area (TPSA) is 50.8 Å². The first-order valence-electron chi connectivity index (χ1n) is 7.93. The molecule has 2 fully saturated rings. The van der Waals surface area contributed by atoms with Crippen LogP contribution in [0.15, 0.2) is 18.2 Å². The molecule has 0 saturated carbocycles. The van der Waals surface area contributed by atoms with Crippen LogP contribution in [0.5, 0.6) is 0 Å². The number of urea groups is 1. The molecule has 0 bridgehead atoms. The summed E-state index contributed by atoms with van der Waals surface area (Å²) in [7, 11) is 0. The summed E-state index contributed by atoms with van der Waals surface area (Å²) in [5.41, 5.74) is 3.05. The van der Waals surface area contributed by atoms with Crippen LogP contribution >= 0.6 is 0 Å². The highest BCUT2D eigenvalue weighted by atomic mass is 16.5. The van der Waals surface area contributed by atoms with Crippen LogP contribution in [0.1, 0.15) is 24.0 Å². The predicted molar refractivity (Wildman–Crippen MR) is 85.2 cm³/mol. The predicted octanol–water partition coefficient (Wildman–Crippen LogP) is 2.72. The Hall–Kier alpha value is -1.59. The second kappa shape index (κ2) is 6.26. The molecule has 2 aliphatic rings. The monoisotopic (exact) mass is 304 g/mol. The van der Waals surface area contributed by atoms with Gasteiger partial charge in [-0.25, -0.2) is 4.79 Å². The smallest absolute Gasteiger partial charge is 0.322 e. The van der Waals surface area contributed by atoms with Gasteiger partial charge in [-0.15, -0.1) is 0 Å². The highest BCUT2D eigenvalue weighted by molar-refractivity contribution is 5.89. The standard InChI is InChI=1S/C17H24N2O3/c1-13-3-4-15(11-14(13)2)18-16(20)19-7-10-22-17(12-19)5-8-21-9-6-17/h3-4,11H,5-10,12H2,1-2H3,(H,18,20). The molecule has 0 radical (unpaired) electrons. The zero-order valence-electron chi connectivity index (χ0n) is 13.4. The zero-order chi connectivity index (χ0) is 15.6. The number of ether oxygens (including phenoxy) is 2. The van der Waals surface area contributed by atoms with E-state index >= 15 is 0 Å². The Morgan fingerprint density at radius 3 is 2.68 bits per heavy atom. The SMILES string of the molecule is Cc1ccc(NC(=O)N2CCOC3(CCOCC3)C2)cc1C. The van der Waals surface area contributed by atoms with Crippen molar-refractivity contribution in [1.29, 1.82) is 0 Å². The Kier molecular flexibility index (Phi) is 4.36. The van der Waals surface area contributed by atoms with Crippen LogP contribution in [0.4, 0.5) is 10.5 Å². The first-order valence-corrected chi connectivity index (χ1v) is 7.93. The molecule has 2 heterocycles. The van der Waals surface area contributed by atoms with Crippen molar-refractivity contribution in [1.82, 2.24) is 4.90 Å². The molecule has 1 aromatic carbocycles. The van der Waals surface area contributed by atoms with Gasteiger partial charge in [-0.05, 0) is 37.1 Å². The molecule has 0 aromatic heterocycles. The van der Waals surface area contributed by atoms with Crippen LogP contribution in [0.2, 0.25) is 0 Å². The Morgan fingerprint density at radius 2 is 1.95 bits per heavy atom. The van der Waals surface area contributed by atoms with E-state index in [0.29, 0.717) is 32.9 Å².